The van der Waals surface area contributed by atoms with E-state index in [9.17, 15) is 18.0 Å². The quantitative estimate of drug-likeness (QED) is 0.444. The second-order valence-corrected chi connectivity index (χ2v) is 10.6. The molecule has 0 fully saturated rings. The van der Waals surface area contributed by atoms with Gasteiger partial charge in [0.05, 0.1) is 15.5 Å². The first-order valence-corrected chi connectivity index (χ1v) is 12.5. The summed E-state index contributed by atoms with van der Waals surface area (Å²) in [5.41, 5.74) is 2.85. The molecule has 1 N–H and O–H groups in total. The third kappa shape index (κ3) is 5.41. The van der Waals surface area contributed by atoms with Gasteiger partial charge in [-0.15, -0.1) is 11.3 Å². The van der Waals surface area contributed by atoms with Gasteiger partial charge in [-0.1, -0.05) is 39.7 Å². The van der Waals surface area contributed by atoms with Gasteiger partial charge in [-0.05, 0) is 60.7 Å². The van der Waals surface area contributed by atoms with Gasteiger partial charge in [0, 0.05) is 11.0 Å². The molecule has 0 spiro atoms. The van der Waals surface area contributed by atoms with Crippen LogP contribution >= 0.6 is 27.3 Å². The predicted molar refractivity (Wildman–Crippen MR) is 126 cm³/mol. The number of rotatable bonds is 8. The molecule has 2 aromatic carbocycles. The zero-order valence-corrected chi connectivity index (χ0v) is 20.2. The molecule has 31 heavy (non-hydrogen) atoms. The molecule has 3 aromatic rings. The van der Waals surface area contributed by atoms with E-state index in [1.807, 2.05) is 13.0 Å². The van der Waals surface area contributed by atoms with Crippen LogP contribution in [0.25, 0.3) is 0 Å². The van der Waals surface area contributed by atoms with Crippen molar-refractivity contribution >= 4 is 55.2 Å². The summed E-state index contributed by atoms with van der Waals surface area (Å²) in [5.74, 6) is -0.450. The lowest BCUT2D eigenvalue weighted by molar-refractivity contribution is -0.119. The number of carbonyl (C=O) groups is 2. The van der Waals surface area contributed by atoms with Crippen LogP contribution in [0, 0.1) is 13.8 Å². The lowest BCUT2D eigenvalue weighted by Crippen LogP contribution is -2.41. The zero-order chi connectivity index (χ0) is 22.6. The highest BCUT2D eigenvalue weighted by molar-refractivity contribution is 9.10. The van der Waals surface area contributed by atoms with E-state index in [4.69, 9.17) is 0 Å². The van der Waals surface area contributed by atoms with Crippen molar-refractivity contribution in [3.05, 3.63) is 80.0 Å². The third-order valence-electron chi connectivity index (χ3n) is 4.68. The second-order valence-electron chi connectivity index (χ2n) is 6.96. The van der Waals surface area contributed by atoms with Crippen molar-refractivity contribution in [2.75, 3.05) is 10.8 Å². The molecule has 9 heteroatoms. The molecule has 0 unspecified atom stereocenters. The van der Waals surface area contributed by atoms with Crippen molar-refractivity contribution in [2.45, 2.75) is 25.3 Å². The molecule has 1 amide bonds. The highest BCUT2D eigenvalue weighted by atomic mass is 79.9. The number of nitrogens with zero attached hydrogens (tertiary/aromatic N) is 1. The molecule has 0 aliphatic heterocycles. The zero-order valence-electron chi connectivity index (χ0n) is 17.0. The summed E-state index contributed by atoms with van der Waals surface area (Å²) in [4.78, 5) is 24.2. The van der Waals surface area contributed by atoms with Gasteiger partial charge < -0.3 is 5.32 Å². The summed E-state index contributed by atoms with van der Waals surface area (Å²) in [6.45, 7) is 3.50. The molecule has 0 aliphatic carbocycles. The van der Waals surface area contributed by atoms with Crippen LogP contribution in [0.5, 0.6) is 0 Å². The predicted octanol–water partition coefficient (Wildman–Crippen LogP) is 4.45. The number of nitrogens with one attached hydrogen (secondary N) is 1. The largest absolute Gasteiger partial charge is 0.350 e. The summed E-state index contributed by atoms with van der Waals surface area (Å²) < 4.78 is 28.8. The van der Waals surface area contributed by atoms with Crippen molar-refractivity contribution in [2.24, 2.45) is 0 Å². The van der Waals surface area contributed by atoms with Gasteiger partial charge in [0.15, 0.2) is 6.29 Å². The summed E-state index contributed by atoms with van der Waals surface area (Å²) in [6, 6.07) is 13.4. The minimum Gasteiger partial charge on any atom is -0.350 e. The normalized spacial score (nSPS) is 11.2. The standard InChI is InChI=1S/C22H21BrN2O4S2/c1-15-6-8-19(9-7-15)31(28,29)25(21-5-3-4-20(23)16(21)2)12-22(27)24-11-17-10-18(13-26)30-14-17/h3-10,13-14H,11-12H2,1-2H3,(H,24,27). The maximum absolute atomic E-state index is 13.5. The molecule has 162 valence electrons. The SMILES string of the molecule is Cc1ccc(S(=O)(=O)N(CC(=O)NCc2csc(C=O)c2)c2cccc(Br)c2C)cc1. The number of hydrogen-bond donors (Lipinski definition) is 1. The van der Waals surface area contributed by atoms with Gasteiger partial charge in [0.25, 0.3) is 10.0 Å². The summed E-state index contributed by atoms with van der Waals surface area (Å²) in [6.07, 6.45) is 0.752. The van der Waals surface area contributed by atoms with Crippen molar-refractivity contribution in [1.29, 1.82) is 0 Å². The molecule has 0 atom stereocenters. The number of benzene rings is 2. The van der Waals surface area contributed by atoms with E-state index in [2.05, 4.69) is 21.2 Å². The average molecular weight is 521 g/mol. The molecule has 0 saturated heterocycles. The molecule has 0 radical (unpaired) electrons. The smallest absolute Gasteiger partial charge is 0.264 e. The van der Waals surface area contributed by atoms with Gasteiger partial charge in [0.2, 0.25) is 5.91 Å². The Morgan fingerprint density at radius 2 is 1.87 bits per heavy atom. The number of aldehydes is 1. The Labute approximate surface area is 194 Å². The van der Waals surface area contributed by atoms with Crippen molar-refractivity contribution in [1.82, 2.24) is 5.32 Å². The molecule has 1 aromatic heterocycles. The number of halogens is 1. The van der Waals surface area contributed by atoms with Crippen molar-refractivity contribution < 1.29 is 18.0 Å². The van der Waals surface area contributed by atoms with Crippen LogP contribution in [0.2, 0.25) is 0 Å². The van der Waals surface area contributed by atoms with Crippen LogP contribution < -0.4 is 9.62 Å². The number of hydrogen-bond acceptors (Lipinski definition) is 5. The Balaban J connectivity index is 1.90. The third-order valence-corrected chi connectivity index (χ3v) is 8.22. The summed E-state index contributed by atoms with van der Waals surface area (Å²) in [5, 5.41) is 4.52. The van der Waals surface area contributed by atoms with E-state index in [0.29, 0.717) is 16.1 Å². The first kappa shape index (κ1) is 23.2. The topological polar surface area (TPSA) is 83.6 Å². The molecular weight excluding hydrogens is 500 g/mol. The number of aryl methyl sites for hydroxylation is 1. The molecule has 0 aliphatic rings. The highest BCUT2D eigenvalue weighted by Gasteiger charge is 2.28. The van der Waals surface area contributed by atoms with Gasteiger partial charge in [-0.25, -0.2) is 8.42 Å². The van der Waals surface area contributed by atoms with Crippen LogP contribution in [0.15, 0.2) is 63.3 Å². The van der Waals surface area contributed by atoms with E-state index < -0.39 is 15.9 Å². The minimum absolute atomic E-state index is 0.110. The molecule has 0 bridgehead atoms. The van der Waals surface area contributed by atoms with E-state index in [1.54, 1.807) is 42.6 Å². The Kier molecular flexibility index (Phi) is 7.30. The first-order chi connectivity index (χ1) is 14.7. The minimum atomic E-state index is -3.98. The summed E-state index contributed by atoms with van der Waals surface area (Å²) in [7, 11) is -3.98. The monoisotopic (exact) mass is 520 g/mol. The number of amides is 1. The number of sulfonamides is 1. The lowest BCUT2D eigenvalue weighted by atomic mass is 10.2. The van der Waals surface area contributed by atoms with Crippen LogP contribution in [0.3, 0.4) is 0 Å². The fourth-order valence-corrected chi connectivity index (χ4v) is 5.49. The molecule has 3 rings (SSSR count). The van der Waals surface area contributed by atoms with Gasteiger partial charge in [-0.3, -0.25) is 13.9 Å². The van der Waals surface area contributed by atoms with Crippen molar-refractivity contribution in [3.8, 4) is 0 Å². The lowest BCUT2D eigenvalue weighted by Gasteiger charge is -2.26. The van der Waals surface area contributed by atoms with E-state index in [0.717, 1.165) is 26.2 Å². The Hall–Kier alpha value is -2.49. The van der Waals surface area contributed by atoms with Crippen LogP contribution in [0.1, 0.15) is 26.4 Å². The molecular formula is C22H21BrN2O4S2. The van der Waals surface area contributed by atoms with Crippen LogP contribution in [-0.2, 0) is 21.4 Å². The Bertz CT molecular complexity index is 1200. The van der Waals surface area contributed by atoms with E-state index in [-0.39, 0.29) is 18.0 Å². The maximum atomic E-state index is 13.5. The fourth-order valence-electron chi connectivity index (χ4n) is 2.94. The summed E-state index contributed by atoms with van der Waals surface area (Å²) >= 11 is 4.72. The van der Waals surface area contributed by atoms with Gasteiger partial charge in [0.1, 0.15) is 6.54 Å². The Morgan fingerprint density at radius 3 is 2.52 bits per heavy atom. The van der Waals surface area contributed by atoms with E-state index >= 15 is 0 Å². The number of anilines is 1. The van der Waals surface area contributed by atoms with Crippen LogP contribution in [-0.4, -0.2) is 27.2 Å². The van der Waals surface area contributed by atoms with Gasteiger partial charge in [-0.2, -0.15) is 0 Å². The average Bonchev–Trinajstić information content (AvgIpc) is 3.21. The second kappa shape index (κ2) is 9.76. The van der Waals surface area contributed by atoms with Gasteiger partial charge >= 0.3 is 0 Å². The first-order valence-electron chi connectivity index (χ1n) is 9.36. The van der Waals surface area contributed by atoms with E-state index in [1.165, 1.54) is 23.5 Å². The maximum Gasteiger partial charge on any atom is 0.264 e. The molecule has 0 saturated carbocycles. The molecule has 6 nitrogen and oxygen atoms in total. The fraction of sp³-hybridized carbons (Fsp3) is 0.182. The number of carbonyl (C=O) groups excluding carboxylic acids is 2. The van der Waals surface area contributed by atoms with Crippen molar-refractivity contribution in [3.63, 3.8) is 0 Å². The Morgan fingerprint density at radius 1 is 1.16 bits per heavy atom. The van der Waals surface area contributed by atoms with Crippen LogP contribution in [0.4, 0.5) is 5.69 Å². The number of thiophene rings is 1. The highest BCUT2D eigenvalue weighted by Crippen LogP contribution is 2.31. The molecule has 1 heterocycles.